The highest BCUT2D eigenvalue weighted by molar-refractivity contribution is 6.30. The second-order valence-corrected chi connectivity index (χ2v) is 2.12. The van der Waals surface area contributed by atoms with Gasteiger partial charge in [0, 0.05) is 18.6 Å². The van der Waals surface area contributed by atoms with Gasteiger partial charge < -0.3 is 0 Å². The number of nitrogens with zero attached hydrogens (tertiary/aromatic N) is 2. The Morgan fingerprint density at radius 2 is 2.18 bits per heavy atom. The lowest BCUT2D eigenvalue weighted by Crippen LogP contribution is -1.53. The van der Waals surface area contributed by atoms with Crippen molar-refractivity contribution in [3.05, 3.63) is 35.9 Å². The molecule has 2 aromatic heterocycles. The van der Waals surface area contributed by atoms with Crippen LogP contribution in [-0.4, -0.2) is 20.4 Å². The van der Waals surface area contributed by atoms with E-state index in [1.165, 1.54) is 0 Å². The molecule has 58 valence electrons. The Morgan fingerprint density at radius 3 is 2.36 bits per heavy atom. The van der Waals surface area contributed by atoms with Gasteiger partial charge in [0.25, 0.3) is 0 Å². The first-order valence-corrected chi connectivity index (χ1v) is 3.35. The Hall–Kier alpha value is -1.29. The van der Waals surface area contributed by atoms with E-state index in [0.717, 1.165) is 0 Å². The van der Waals surface area contributed by atoms with Crippen LogP contribution in [0, 0.1) is 0 Å². The van der Waals surface area contributed by atoms with Crippen LogP contribution in [-0.2, 0) is 0 Å². The highest BCUT2D eigenvalue weighted by Gasteiger charge is 1.77. The van der Waals surface area contributed by atoms with Crippen LogP contribution in [0.3, 0.4) is 0 Å². The molecular formula is C6H7ClN4. The fraction of sp³-hybridized carbons (Fsp3) is 0. The van der Waals surface area contributed by atoms with Crippen LogP contribution in [0.1, 0.15) is 0 Å². The first kappa shape index (κ1) is 7.81. The largest absolute Gasteiger partial charge is 0.286 e. The zero-order valence-electron chi connectivity index (χ0n) is 5.66. The summed E-state index contributed by atoms with van der Waals surface area (Å²) in [5.41, 5.74) is 0. The van der Waals surface area contributed by atoms with Gasteiger partial charge in [-0.1, -0.05) is 11.6 Å². The number of aromatic nitrogens is 4. The van der Waals surface area contributed by atoms with Gasteiger partial charge >= 0.3 is 0 Å². The van der Waals surface area contributed by atoms with Gasteiger partial charge in [0.05, 0.1) is 11.2 Å². The highest BCUT2D eigenvalue weighted by Crippen LogP contribution is 1.99. The van der Waals surface area contributed by atoms with Crippen LogP contribution in [0.15, 0.2) is 30.9 Å². The fourth-order valence-electron chi connectivity index (χ4n) is 0.450. The molecule has 2 heterocycles. The van der Waals surface area contributed by atoms with Gasteiger partial charge in [-0.3, -0.25) is 10.2 Å². The molecule has 0 amide bonds. The van der Waals surface area contributed by atoms with Crippen molar-refractivity contribution in [3.8, 4) is 0 Å². The molecule has 5 heteroatoms. The van der Waals surface area contributed by atoms with Crippen molar-refractivity contribution in [1.29, 1.82) is 0 Å². The summed E-state index contributed by atoms with van der Waals surface area (Å²) in [6, 6.07) is 1.83. The third-order valence-corrected chi connectivity index (χ3v) is 1.08. The molecule has 2 N–H and O–H groups in total. The number of rotatable bonds is 0. The first-order chi connectivity index (χ1) is 5.39. The topological polar surface area (TPSA) is 57.4 Å². The van der Waals surface area contributed by atoms with E-state index in [-0.39, 0.29) is 0 Å². The van der Waals surface area contributed by atoms with Crippen molar-refractivity contribution >= 4 is 11.6 Å². The average Bonchev–Trinajstić information content (AvgIpc) is 2.57. The van der Waals surface area contributed by atoms with E-state index >= 15 is 0 Å². The van der Waals surface area contributed by atoms with Gasteiger partial charge in [0.1, 0.15) is 0 Å². The second kappa shape index (κ2) is 4.51. The van der Waals surface area contributed by atoms with Crippen molar-refractivity contribution in [2.24, 2.45) is 0 Å². The lowest BCUT2D eigenvalue weighted by Gasteiger charge is -1.59. The molecule has 0 spiro atoms. The molecule has 0 aliphatic heterocycles. The Balaban J connectivity index is 0.000000112. The zero-order chi connectivity index (χ0) is 7.94. The molecule has 0 aliphatic carbocycles. The second-order valence-electron chi connectivity index (χ2n) is 1.68. The summed E-state index contributed by atoms with van der Waals surface area (Å²) in [5.74, 6) is 0. The molecule has 0 saturated carbocycles. The predicted molar refractivity (Wildman–Crippen MR) is 42.2 cm³/mol. The van der Waals surface area contributed by atoms with Gasteiger partial charge in [-0.05, 0) is 6.07 Å². The van der Waals surface area contributed by atoms with E-state index in [2.05, 4.69) is 20.4 Å². The molecular weight excluding hydrogens is 164 g/mol. The Morgan fingerprint density at radius 1 is 1.27 bits per heavy atom. The Labute approximate surface area is 68.6 Å². The lowest BCUT2D eigenvalue weighted by atomic mass is 10.8. The molecule has 0 saturated heterocycles. The Bertz CT molecular complexity index is 233. The van der Waals surface area contributed by atoms with Crippen molar-refractivity contribution in [3.63, 3.8) is 0 Å². The van der Waals surface area contributed by atoms with Crippen LogP contribution in [0.4, 0.5) is 0 Å². The molecule has 0 aromatic carbocycles. The predicted octanol–water partition coefficient (Wildman–Crippen LogP) is 1.47. The monoisotopic (exact) mass is 170 g/mol. The molecule has 0 atom stereocenters. The summed E-state index contributed by atoms with van der Waals surface area (Å²) >= 11 is 5.36. The zero-order valence-corrected chi connectivity index (χ0v) is 6.42. The van der Waals surface area contributed by atoms with E-state index in [9.17, 15) is 0 Å². The van der Waals surface area contributed by atoms with Crippen molar-refractivity contribution < 1.29 is 0 Å². The third kappa shape index (κ3) is 3.42. The minimum Gasteiger partial charge on any atom is -0.286 e. The summed E-state index contributed by atoms with van der Waals surface area (Å²) in [6.45, 7) is 0. The molecule has 2 rings (SSSR count). The third-order valence-electron chi connectivity index (χ3n) is 0.871. The number of hydrogen-bond acceptors (Lipinski definition) is 2. The van der Waals surface area contributed by atoms with Crippen LogP contribution in [0.2, 0.25) is 5.02 Å². The number of aromatic amines is 2. The van der Waals surface area contributed by atoms with E-state index in [1.54, 1.807) is 24.8 Å². The van der Waals surface area contributed by atoms with Crippen molar-refractivity contribution in [2.75, 3.05) is 0 Å². The summed E-state index contributed by atoms with van der Waals surface area (Å²) in [4.78, 5) is 0. The molecule has 0 radical (unpaired) electrons. The SMILES string of the molecule is Clc1cn[nH]c1.c1cn[nH]c1. The average molecular weight is 171 g/mol. The smallest absolute Gasteiger partial charge is 0.0783 e. The lowest BCUT2D eigenvalue weighted by molar-refractivity contribution is 1.09. The number of halogens is 1. The molecule has 0 aliphatic rings. The quantitative estimate of drug-likeness (QED) is 0.629. The van der Waals surface area contributed by atoms with Gasteiger partial charge in [-0.15, -0.1) is 0 Å². The van der Waals surface area contributed by atoms with Crippen LogP contribution < -0.4 is 0 Å². The van der Waals surface area contributed by atoms with Crippen LogP contribution in [0.5, 0.6) is 0 Å². The maximum absolute atomic E-state index is 5.36. The van der Waals surface area contributed by atoms with E-state index in [0.29, 0.717) is 5.02 Å². The first-order valence-electron chi connectivity index (χ1n) is 2.97. The molecule has 2 aromatic rings. The van der Waals surface area contributed by atoms with Crippen LogP contribution in [0.25, 0.3) is 0 Å². The summed E-state index contributed by atoms with van der Waals surface area (Å²) in [5, 5.41) is 13.0. The highest BCUT2D eigenvalue weighted by atomic mass is 35.5. The van der Waals surface area contributed by atoms with Gasteiger partial charge in [0.2, 0.25) is 0 Å². The van der Waals surface area contributed by atoms with E-state index in [4.69, 9.17) is 11.6 Å². The standard InChI is InChI=1S/C3H3ClN2.C3H4N2/c4-3-1-5-6-2-3;1-2-4-5-3-1/h1-2H,(H,5,6);1-3H,(H,4,5). The normalized spacial score (nSPS) is 8.45. The molecule has 4 nitrogen and oxygen atoms in total. The molecule has 0 unspecified atom stereocenters. The maximum atomic E-state index is 5.36. The van der Waals surface area contributed by atoms with Gasteiger partial charge in [-0.2, -0.15) is 10.2 Å². The van der Waals surface area contributed by atoms with Gasteiger partial charge in [0.15, 0.2) is 0 Å². The molecule has 0 bridgehead atoms. The van der Waals surface area contributed by atoms with Gasteiger partial charge in [-0.25, -0.2) is 0 Å². The minimum absolute atomic E-state index is 0.648. The fourth-order valence-corrected chi connectivity index (χ4v) is 0.548. The maximum Gasteiger partial charge on any atom is 0.0783 e. The summed E-state index contributed by atoms with van der Waals surface area (Å²) < 4.78 is 0. The van der Waals surface area contributed by atoms with Crippen molar-refractivity contribution in [1.82, 2.24) is 20.4 Å². The number of hydrogen-bond donors (Lipinski definition) is 2. The molecule has 11 heavy (non-hydrogen) atoms. The van der Waals surface area contributed by atoms with Crippen molar-refractivity contribution in [2.45, 2.75) is 0 Å². The Kier molecular flexibility index (Phi) is 3.21. The van der Waals surface area contributed by atoms with E-state index < -0.39 is 0 Å². The van der Waals surface area contributed by atoms with Crippen LogP contribution >= 0.6 is 11.6 Å². The summed E-state index contributed by atoms with van der Waals surface area (Å²) in [6.07, 6.45) is 6.61. The van der Waals surface area contributed by atoms with E-state index in [1.807, 2.05) is 6.07 Å². The number of H-pyrrole nitrogens is 2. The minimum atomic E-state index is 0.648. The molecule has 0 fully saturated rings. The summed E-state index contributed by atoms with van der Waals surface area (Å²) in [7, 11) is 0. The number of nitrogens with one attached hydrogen (secondary N) is 2.